The van der Waals surface area contributed by atoms with E-state index in [2.05, 4.69) is 15.5 Å². The van der Waals surface area contributed by atoms with Crippen LogP contribution in [0, 0.1) is 0 Å². The molecular weight excluding hydrogens is 140 g/mol. The maximum Gasteiger partial charge on any atom is 0.138 e. The molecule has 0 saturated heterocycles. The molecule has 1 fully saturated rings. The lowest BCUT2D eigenvalue weighted by molar-refractivity contribution is 0.324. The number of hydrogen-bond donors (Lipinski definition) is 0. The van der Waals surface area contributed by atoms with Gasteiger partial charge in [0.2, 0.25) is 0 Å². The molecule has 1 aromatic heterocycles. The Labute approximate surface area is 65.6 Å². The van der Waals surface area contributed by atoms with Crippen LogP contribution in [0.4, 0.5) is 0 Å². The third kappa shape index (κ3) is 1.39. The summed E-state index contributed by atoms with van der Waals surface area (Å²) in [5.41, 5.74) is 0. The Kier molecular flexibility index (Phi) is 1.83. The van der Waals surface area contributed by atoms with Crippen molar-refractivity contribution in [2.24, 2.45) is 0 Å². The molecule has 1 aromatic rings. The fourth-order valence-corrected chi connectivity index (χ4v) is 1.68. The van der Waals surface area contributed by atoms with Crippen LogP contribution in [0.2, 0.25) is 0 Å². The third-order valence-corrected chi connectivity index (χ3v) is 2.31. The minimum atomic E-state index is 0.568. The van der Waals surface area contributed by atoms with Gasteiger partial charge in [-0.05, 0) is 23.3 Å². The molecule has 11 heavy (non-hydrogen) atoms. The third-order valence-electron chi connectivity index (χ3n) is 2.31. The van der Waals surface area contributed by atoms with Crippen LogP contribution in [-0.4, -0.2) is 20.2 Å². The summed E-state index contributed by atoms with van der Waals surface area (Å²) >= 11 is 0. The van der Waals surface area contributed by atoms with Crippen LogP contribution in [0.15, 0.2) is 6.33 Å². The highest BCUT2D eigenvalue weighted by atomic mass is 15.5. The average molecular weight is 152 g/mol. The first-order valence-corrected chi connectivity index (χ1v) is 4.19. The van der Waals surface area contributed by atoms with Crippen molar-refractivity contribution in [3.8, 4) is 0 Å². The highest BCUT2D eigenvalue weighted by molar-refractivity contribution is 4.69. The zero-order chi connectivity index (χ0) is 7.52. The first-order chi connectivity index (χ1) is 5.47. The lowest BCUT2D eigenvalue weighted by Gasteiger charge is -2.20. The van der Waals surface area contributed by atoms with Gasteiger partial charge in [0.25, 0.3) is 0 Å². The Morgan fingerprint density at radius 3 is 2.64 bits per heavy atom. The lowest BCUT2D eigenvalue weighted by Crippen LogP contribution is -2.13. The Bertz CT molecular complexity index is 200. The van der Waals surface area contributed by atoms with Crippen molar-refractivity contribution in [3.05, 3.63) is 6.33 Å². The fraction of sp³-hybridized carbons (Fsp3) is 0.857. The van der Waals surface area contributed by atoms with Crippen molar-refractivity contribution in [2.75, 3.05) is 0 Å². The second-order valence-electron chi connectivity index (χ2n) is 3.08. The van der Waals surface area contributed by atoms with E-state index in [1.807, 2.05) is 4.68 Å². The Hall–Kier alpha value is -0.930. The van der Waals surface area contributed by atoms with Gasteiger partial charge in [-0.15, -0.1) is 5.10 Å². The van der Waals surface area contributed by atoms with Crippen molar-refractivity contribution < 1.29 is 0 Å². The van der Waals surface area contributed by atoms with E-state index in [0.717, 1.165) is 0 Å². The summed E-state index contributed by atoms with van der Waals surface area (Å²) in [6, 6.07) is 0.568. The SMILES string of the molecule is c1nnnn1C1CCCCC1. The molecule has 0 N–H and O–H groups in total. The Morgan fingerprint density at radius 2 is 2.00 bits per heavy atom. The van der Waals surface area contributed by atoms with Gasteiger partial charge in [0, 0.05) is 0 Å². The van der Waals surface area contributed by atoms with E-state index >= 15 is 0 Å². The number of nitrogens with zero attached hydrogens (tertiary/aromatic N) is 4. The molecule has 0 radical (unpaired) electrons. The highest BCUT2D eigenvalue weighted by Gasteiger charge is 2.15. The molecule has 1 aliphatic rings. The lowest BCUT2D eigenvalue weighted by atomic mass is 9.96. The van der Waals surface area contributed by atoms with Gasteiger partial charge < -0.3 is 0 Å². The van der Waals surface area contributed by atoms with Crippen LogP contribution in [0.1, 0.15) is 38.1 Å². The van der Waals surface area contributed by atoms with E-state index < -0.39 is 0 Å². The first-order valence-electron chi connectivity index (χ1n) is 4.19. The van der Waals surface area contributed by atoms with E-state index in [1.165, 1.54) is 32.1 Å². The molecule has 0 spiro atoms. The fourth-order valence-electron chi connectivity index (χ4n) is 1.68. The smallest absolute Gasteiger partial charge is 0.138 e. The minimum absolute atomic E-state index is 0.568. The molecular formula is C7H12N4. The molecule has 1 aliphatic carbocycles. The molecule has 0 bridgehead atoms. The van der Waals surface area contributed by atoms with Crippen LogP contribution in [0.5, 0.6) is 0 Å². The van der Waals surface area contributed by atoms with Crippen LogP contribution in [-0.2, 0) is 0 Å². The molecule has 4 heteroatoms. The maximum atomic E-state index is 3.90. The second kappa shape index (κ2) is 2.98. The topological polar surface area (TPSA) is 43.6 Å². The standard InChI is InChI=1S/C7H12N4/c1-2-4-7(5-3-1)11-6-8-9-10-11/h6-7H,1-5H2. The Morgan fingerprint density at radius 1 is 1.18 bits per heavy atom. The van der Waals surface area contributed by atoms with Crippen LogP contribution >= 0.6 is 0 Å². The van der Waals surface area contributed by atoms with Crippen molar-refractivity contribution in [1.82, 2.24) is 20.2 Å². The summed E-state index contributed by atoms with van der Waals surface area (Å²) in [7, 11) is 0. The predicted octanol–water partition coefficient (Wildman–Crippen LogP) is 1.18. The molecule has 2 rings (SSSR count). The molecule has 60 valence electrons. The largest absolute Gasteiger partial charge is 0.229 e. The normalized spacial score (nSPS) is 20.4. The second-order valence-corrected chi connectivity index (χ2v) is 3.08. The van der Waals surface area contributed by atoms with Gasteiger partial charge in [-0.2, -0.15) is 0 Å². The summed E-state index contributed by atoms with van der Waals surface area (Å²) in [6.45, 7) is 0. The van der Waals surface area contributed by atoms with Gasteiger partial charge in [0.1, 0.15) is 6.33 Å². The van der Waals surface area contributed by atoms with E-state index in [0.29, 0.717) is 6.04 Å². The minimum Gasteiger partial charge on any atom is -0.229 e. The van der Waals surface area contributed by atoms with Crippen LogP contribution in [0.3, 0.4) is 0 Å². The van der Waals surface area contributed by atoms with Crippen molar-refractivity contribution in [2.45, 2.75) is 38.1 Å². The van der Waals surface area contributed by atoms with Gasteiger partial charge >= 0.3 is 0 Å². The number of hydrogen-bond acceptors (Lipinski definition) is 3. The van der Waals surface area contributed by atoms with Crippen molar-refractivity contribution in [3.63, 3.8) is 0 Å². The average Bonchev–Trinajstić information content (AvgIpc) is 2.58. The zero-order valence-electron chi connectivity index (χ0n) is 6.48. The summed E-state index contributed by atoms with van der Waals surface area (Å²) in [6.07, 6.45) is 8.22. The molecule has 1 saturated carbocycles. The molecule has 0 aliphatic heterocycles. The summed E-state index contributed by atoms with van der Waals surface area (Å²) in [5, 5.41) is 11.2. The predicted molar refractivity (Wildman–Crippen MR) is 39.9 cm³/mol. The van der Waals surface area contributed by atoms with Gasteiger partial charge in [-0.3, -0.25) is 0 Å². The van der Waals surface area contributed by atoms with Gasteiger partial charge in [-0.1, -0.05) is 19.3 Å². The van der Waals surface area contributed by atoms with Gasteiger partial charge in [0.15, 0.2) is 0 Å². The van der Waals surface area contributed by atoms with Crippen LogP contribution in [0.25, 0.3) is 0 Å². The molecule has 4 nitrogen and oxygen atoms in total. The number of rotatable bonds is 1. The quantitative estimate of drug-likeness (QED) is 0.607. The molecule has 0 aromatic carbocycles. The Balaban J connectivity index is 2.04. The molecule has 0 unspecified atom stereocenters. The molecule has 0 amide bonds. The summed E-state index contributed by atoms with van der Waals surface area (Å²) in [4.78, 5) is 0. The number of aromatic nitrogens is 4. The van der Waals surface area contributed by atoms with Gasteiger partial charge in [-0.25, -0.2) is 4.68 Å². The zero-order valence-corrected chi connectivity index (χ0v) is 6.48. The molecule has 0 atom stereocenters. The van der Waals surface area contributed by atoms with E-state index in [9.17, 15) is 0 Å². The van der Waals surface area contributed by atoms with Gasteiger partial charge in [0.05, 0.1) is 6.04 Å². The molecule has 1 heterocycles. The van der Waals surface area contributed by atoms with E-state index in [4.69, 9.17) is 0 Å². The summed E-state index contributed by atoms with van der Waals surface area (Å²) < 4.78 is 1.89. The van der Waals surface area contributed by atoms with E-state index in [-0.39, 0.29) is 0 Å². The van der Waals surface area contributed by atoms with Crippen LogP contribution < -0.4 is 0 Å². The van der Waals surface area contributed by atoms with Crippen molar-refractivity contribution in [1.29, 1.82) is 0 Å². The summed E-state index contributed by atoms with van der Waals surface area (Å²) in [5.74, 6) is 0. The van der Waals surface area contributed by atoms with E-state index in [1.54, 1.807) is 6.33 Å². The first kappa shape index (κ1) is 6.76. The highest BCUT2D eigenvalue weighted by Crippen LogP contribution is 2.26. The number of tetrazole rings is 1. The van der Waals surface area contributed by atoms with Crippen molar-refractivity contribution >= 4 is 0 Å². The monoisotopic (exact) mass is 152 g/mol. The maximum absolute atomic E-state index is 3.90.